The highest BCUT2D eigenvalue weighted by Crippen LogP contribution is 2.28. The molecule has 0 fully saturated rings. The minimum Gasteiger partial charge on any atom is -0.384 e. The van der Waals surface area contributed by atoms with E-state index >= 15 is 0 Å². The van der Waals surface area contributed by atoms with Crippen LogP contribution in [-0.2, 0) is 11.3 Å². The van der Waals surface area contributed by atoms with E-state index in [0.717, 1.165) is 5.56 Å². The summed E-state index contributed by atoms with van der Waals surface area (Å²) in [6, 6.07) is 10.8. The van der Waals surface area contributed by atoms with Gasteiger partial charge >= 0.3 is 0 Å². The molecule has 1 aromatic heterocycles. The third kappa shape index (κ3) is 3.29. The number of nitrogens with two attached hydrogens (primary N) is 1. The van der Waals surface area contributed by atoms with Gasteiger partial charge in [-0.2, -0.15) is 10.5 Å². The molecule has 0 aliphatic carbocycles. The average molecular weight is 306 g/mol. The number of nitriles is 2. The number of nitrogen functional groups attached to an aromatic ring is 1. The number of aromatic nitrogens is 1. The maximum Gasteiger partial charge on any atom is 0.268 e. The number of hydrogen-bond acceptors (Lipinski definition) is 5. The van der Waals surface area contributed by atoms with Crippen LogP contribution in [0.15, 0.2) is 41.7 Å². The van der Waals surface area contributed by atoms with E-state index in [-0.39, 0.29) is 22.5 Å². The van der Waals surface area contributed by atoms with Gasteiger partial charge in [0.2, 0.25) is 0 Å². The molecule has 1 heterocycles. The lowest BCUT2D eigenvalue weighted by Gasteiger charge is -2.09. The Morgan fingerprint density at radius 2 is 1.87 bits per heavy atom. The first kappa shape index (κ1) is 16.0. The lowest BCUT2D eigenvalue weighted by Crippen LogP contribution is -2.16. The van der Waals surface area contributed by atoms with E-state index in [1.54, 1.807) is 30.3 Å². The molecule has 0 saturated heterocycles. The molecule has 0 aliphatic heterocycles. The quantitative estimate of drug-likeness (QED) is 0.648. The Hall–Kier alpha value is -3.35. The minimum absolute atomic E-state index is 0.0510. The Kier molecular flexibility index (Phi) is 4.93. The van der Waals surface area contributed by atoms with Gasteiger partial charge in [0.1, 0.15) is 29.1 Å². The number of nitrogens with one attached hydrogen (secondary N) is 1. The molecule has 6 nitrogen and oxygen atoms in total. The molecule has 0 spiro atoms. The molecule has 2 aromatic rings. The maximum atomic E-state index is 11.9. The van der Waals surface area contributed by atoms with Gasteiger partial charge in [-0.3, -0.25) is 4.79 Å². The van der Waals surface area contributed by atoms with E-state index in [1.165, 1.54) is 0 Å². The molecule has 3 N–H and O–H groups in total. The van der Waals surface area contributed by atoms with Gasteiger partial charge in [-0.1, -0.05) is 30.3 Å². The summed E-state index contributed by atoms with van der Waals surface area (Å²) in [6.07, 6.45) is 1.66. The lowest BCUT2D eigenvalue weighted by atomic mass is 9.96. The molecule has 6 heteroatoms. The second kappa shape index (κ2) is 7.08. The van der Waals surface area contributed by atoms with Crippen molar-refractivity contribution in [2.75, 3.05) is 12.3 Å². The maximum absolute atomic E-state index is 11.9. The SMILES string of the molecule is C=CCOCc1ccc(-c2c(C#N)c(N)[nH]c(=O)c2C#N)cc1. The molecule has 2 rings (SSSR count). The highest BCUT2D eigenvalue weighted by atomic mass is 16.5. The zero-order chi connectivity index (χ0) is 16.8. The number of rotatable bonds is 5. The zero-order valence-electron chi connectivity index (χ0n) is 12.3. The Morgan fingerprint density at radius 3 is 2.43 bits per heavy atom. The van der Waals surface area contributed by atoms with Gasteiger partial charge < -0.3 is 15.5 Å². The summed E-state index contributed by atoms with van der Waals surface area (Å²) in [7, 11) is 0. The Balaban J connectivity index is 2.50. The van der Waals surface area contributed by atoms with Gasteiger partial charge in [0.25, 0.3) is 5.56 Å². The predicted molar refractivity (Wildman–Crippen MR) is 86.2 cm³/mol. The summed E-state index contributed by atoms with van der Waals surface area (Å²) in [4.78, 5) is 14.2. The van der Waals surface area contributed by atoms with Crippen LogP contribution in [0, 0.1) is 22.7 Å². The van der Waals surface area contributed by atoms with Crippen molar-refractivity contribution in [3.8, 4) is 23.3 Å². The first-order valence-corrected chi connectivity index (χ1v) is 6.76. The Morgan fingerprint density at radius 1 is 1.22 bits per heavy atom. The van der Waals surface area contributed by atoms with Gasteiger partial charge in [0.15, 0.2) is 0 Å². The van der Waals surface area contributed by atoms with Gasteiger partial charge in [0.05, 0.1) is 13.2 Å². The standard InChI is InChI=1S/C17H14N4O2/c1-2-7-23-10-11-3-5-12(6-4-11)15-13(8-18)16(20)21-17(22)14(15)9-19/h2-6H,1,7,10H2,(H3,20,21,22). The number of nitrogens with zero attached hydrogens (tertiary/aromatic N) is 2. The van der Waals surface area contributed by atoms with Crippen molar-refractivity contribution in [2.24, 2.45) is 0 Å². The third-order valence-corrected chi connectivity index (χ3v) is 3.22. The first-order valence-electron chi connectivity index (χ1n) is 6.76. The second-order valence-electron chi connectivity index (χ2n) is 4.72. The molecular formula is C17H14N4O2. The van der Waals surface area contributed by atoms with Crippen LogP contribution >= 0.6 is 0 Å². The molecular weight excluding hydrogens is 292 g/mol. The molecule has 0 saturated carbocycles. The highest BCUT2D eigenvalue weighted by Gasteiger charge is 2.17. The van der Waals surface area contributed by atoms with Crippen LogP contribution in [-0.4, -0.2) is 11.6 Å². The fraction of sp³-hybridized carbons (Fsp3) is 0.118. The molecule has 0 amide bonds. The Labute approximate surface area is 133 Å². The van der Waals surface area contributed by atoms with E-state index < -0.39 is 5.56 Å². The van der Waals surface area contributed by atoms with E-state index in [9.17, 15) is 15.3 Å². The van der Waals surface area contributed by atoms with Crippen LogP contribution in [0.1, 0.15) is 16.7 Å². The van der Waals surface area contributed by atoms with Crippen molar-refractivity contribution in [2.45, 2.75) is 6.61 Å². The van der Waals surface area contributed by atoms with Crippen LogP contribution in [0.2, 0.25) is 0 Å². The topological polar surface area (TPSA) is 116 Å². The summed E-state index contributed by atoms with van der Waals surface area (Å²) in [6.45, 7) is 4.43. The van der Waals surface area contributed by atoms with Crippen LogP contribution < -0.4 is 11.3 Å². The predicted octanol–water partition coefficient (Wildman–Crippen LogP) is 2.07. The number of hydrogen-bond donors (Lipinski definition) is 2. The molecule has 23 heavy (non-hydrogen) atoms. The van der Waals surface area contributed by atoms with Crippen molar-refractivity contribution in [3.63, 3.8) is 0 Å². The van der Waals surface area contributed by atoms with Crippen molar-refractivity contribution in [1.29, 1.82) is 10.5 Å². The molecule has 0 unspecified atom stereocenters. The second-order valence-corrected chi connectivity index (χ2v) is 4.72. The molecule has 0 radical (unpaired) electrons. The van der Waals surface area contributed by atoms with Crippen LogP contribution in [0.3, 0.4) is 0 Å². The van der Waals surface area contributed by atoms with Crippen LogP contribution in [0.25, 0.3) is 11.1 Å². The highest BCUT2D eigenvalue weighted by molar-refractivity contribution is 5.80. The van der Waals surface area contributed by atoms with Crippen molar-refractivity contribution in [3.05, 3.63) is 64.0 Å². The van der Waals surface area contributed by atoms with Crippen molar-refractivity contribution >= 4 is 5.82 Å². The smallest absolute Gasteiger partial charge is 0.268 e. The van der Waals surface area contributed by atoms with Crippen LogP contribution in [0.5, 0.6) is 0 Å². The molecule has 0 atom stereocenters. The molecule has 114 valence electrons. The number of H-pyrrole nitrogens is 1. The number of ether oxygens (including phenoxy) is 1. The molecule has 0 aliphatic rings. The van der Waals surface area contributed by atoms with E-state index in [2.05, 4.69) is 11.6 Å². The summed E-state index contributed by atoms with van der Waals surface area (Å²) in [5.74, 6) is -0.0510. The number of aromatic amines is 1. The number of anilines is 1. The summed E-state index contributed by atoms with van der Waals surface area (Å²) in [5, 5.41) is 18.5. The first-order chi connectivity index (χ1) is 11.1. The van der Waals surface area contributed by atoms with Gasteiger partial charge in [-0.15, -0.1) is 6.58 Å². The van der Waals surface area contributed by atoms with Gasteiger partial charge in [-0.05, 0) is 11.1 Å². The minimum atomic E-state index is -0.614. The molecule has 0 bridgehead atoms. The van der Waals surface area contributed by atoms with E-state index in [4.69, 9.17) is 10.5 Å². The zero-order valence-corrected chi connectivity index (χ0v) is 12.3. The fourth-order valence-corrected chi connectivity index (χ4v) is 2.16. The van der Waals surface area contributed by atoms with Gasteiger partial charge in [-0.25, -0.2) is 0 Å². The summed E-state index contributed by atoms with van der Waals surface area (Å²) < 4.78 is 5.34. The summed E-state index contributed by atoms with van der Waals surface area (Å²) in [5.41, 5.74) is 6.76. The summed E-state index contributed by atoms with van der Waals surface area (Å²) >= 11 is 0. The lowest BCUT2D eigenvalue weighted by molar-refractivity contribution is 0.149. The third-order valence-electron chi connectivity index (χ3n) is 3.22. The largest absolute Gasteiger partial charge is 0.384 e. The molecule has 1 aromatic carbocycles. The Bertz CT molecular complexity index is 868. The van der Waals surface area contributed by atoms with Gasteiger partial charge in [0, 0.05) is 5.56 Å². The fourth-order valence-electron chi connectivity index (χ4n) is 2.16. The monoisotopic (exact) mass is 306 g/mol. The van der Waals surface area contributed by atoms with E-state index in [0.29, 0.717) is 18.8 Å². The normalized spacial score (nSPS) is 9.83. The van der Waals surface area contributed by atoms with Crippen molar-refractivity contribution in [1.82, 2.24) is 4.98 Å². The number of pyridine rings is 1. The van der Waals surface area contributed by atoms with Crippen LogP contribution in [0.4, 0.5) is 5.82 Å². The average Bonchev–Trinajstić information content (AvgIpc) is 2.55. The van der Waals surface area contributed by atoms with E-state index in [1.807, 2.05) is 12.1 Å². The van der Waals surface area contributed by atoms with Crippen molar-refractivity contribution < 1.29 is 4.74 Å². The number of benzene rings is 1.